The van der Waals surface area contributed by atoms with Crippen LogP contribution in [0.2, 0.25) is 0 Å². The Morgan fingerprint density at radius 2 is 2.00 bits per heavy atom. The highest BCUT2D eigenvalue weighted by atomic mass is 35.5. The largest absolute Gasteiger partial charge is 0.484 e. The average Bonchev–Trinajstić information content (AvgIpc) is 2.90. The van der Waals surface area contributed by atoms with Crippen LogP contribution in [0.15, 0.2) is 44.2 Å². The van der Waals surface area contributed by atoms with Gasteiger partial charge in [-0.15, -0.1) is 11.6 Å². The molecular weight excluding hydrogens is 308 g/mol. The molecule has 3 aromatic rings. The Hall–Kier alpha value is -1.98. The minimum absolute atomic E-state index is 0.0516. The molecule has 0 unspecified atom stereocenters. The molecule has 2 aromatic heterocycles. The van der Waals surface area contributed by atoms with Crippen molar-refractivity contribution in [2.75, 3.05) is 6.61 Å². The summed E-state index contributed by atoms with van der Waals surface area (Å²) in [7, 11) is 0. The van der Waals surface area contributed by atoms with Gasteiger partial charge in [-0.1, -0.05) is 0 Å². The van der Waals surface area contributed by atoms with Crippen molar-refractivity contribution < 1.29 is 18.7 Å². The van der Waals surface area contributed by atoms with E-state index in [4.69, 9.17) is 25.2 Å². The van der Waals surface area contributed by atoms with Gasteiger partial charge in [-0.2, -0.15) is 0 Å². The van der Waals surface area contributed by atoms with E-state index in [0.717, 1.165) is 5.39 Å². The lowest BCUT2D eigenvalue weighted by Gasteiger charge is -2.23. The third kappa shape index (κ3) is 2.69. The minimum atomic E-state index is -0.898. The van der Waals surface area contributed by atoms with Gasteiger partial charge >= 0.3 is 5.63 Å². The van der Waals surface area contributed by atoms with Gasteiger partial charge in [0, 0.05) is 16.8 Å². The van der Waals surface area contributed by atoms with Crippen LogP contribution in [-0.2, 0) is 0 Å². The maximum Gasteiger partial charge on any atom is 0.336 e. The number of hydrogen-bond acceptors (Lipinski definition) is 5. The summed E-state index contributed by atoms with van der Waals surface area (Å²) >= 11 is 6.06. The van der Waals surface area contributed by atoms with Gasteiger partial charge < -0.3 is 18.7 Å². The predicted octanol–water partition coefficient (Wildman–Crippen LogP) is 3.30. The number of benzene rings is 1. The van der Waals surface area contributed by atoms with E-state index in [9.17, 15) is 9.90 Å². The third-order valence-electron chi connectivity index (χ3n) is 3.46. The normalized spacial score (nSPS) is 13.6. The average molecular weight is 323 g/mol. The zero-order valence-corrected chi connectivity index (χ0v) is 12.9. The summed E-state index contributed by atoms with van der Waals surface area (Å²) in [5.41, 5.74) is 0.262. The van der Waals surface area contributed by atoms with E-state index in [2.05, 4.69) is 0 Å². The summed E-state index contributed by atoms with van der Waals surface area (Å²) in [5, 5.41) is 11.5. The van der Waals surface area contributed by atoms with Crippen molar-refractivity contribution in [2.45, 2.75) is 24.8 Å². The molecule has 0 spiro atoms. The number of fused-ring (bicyclic) bond motifs is 2. The monoisotopic (exact) mass is 322 g/mol. The van der Waals surface area contributed by atoms with Crippen LogP contribution in [0.3, 0.4) is 0 Å². The van der Waals surface area contributed by atoms with Crippen molar-refractivity contribution in [3.05, 3.63) is 40.9 Å². The Morgan fingerprint density at radius 3 is 2.73 bits per heavy atom. The van der Waals surface area contributed by atoms with E-state index < -0.39 is 16.6 Å². The quantitative estimate of drug-likeness (QED) is 0.589. The van der Waals surface area contributed by atoms with Crippen LogP contribution in [-0.4, -0.2) is 22.7 Å². The number of halogens is 1. The minimum Gasteiger partial charge on any atom is -0.484 e. The van der Waals surface area contributed by atoms with Crippen molar-refractivity contribution in [1.82, 2.24) is 0 Å². The standard InChI is InChI=1S/C16H15ClO5/c1-16(2,17)11(18)8-21-15-13-10(5-6-20-13)7-9-3-4-12(19)22-14(9)15/h3-7,11,18H,8H2,1-2H3/t11-/m0/s1. The Bertz CT molecular complexity index is 871. The first-order valence-corrected chi connectivity index (χ1v) is 7.18. The van der Waals surface area contributed by atoms with Crippen LogP contribution in [0, 0.1) is 0 Å². The molecule has 0 radical (unpaired) electrons. The van der Waals surface area contributed by atoms with Crippen LogP contribution in [0.25, 0.3) is 21.9 Å². The van der Waals surface area contributed by atoms with Gasteiger partial charge in [0.05, 0.1) is 11.1 Å². The van der Waals surface area contributed by atoms with Gasteiger partial charge in [-0.3, -0.25) is 0 Å². The van der Waals surface area contributed by atoms with E-state index in [-0.39, 0.29) is 17.9 Å². The zero-order chi connectivity index (χ0) is 15.9. The van der Waals surface area contributed by atoms with E-state index >= 15 is 0 Å². The molecule has 116 valence electrons. The maximum absolute atomic E-state index is 11.5. The molecule has 0 aliphatic heterocycles. The summed E-state index contributed by atoms with van der Waals surface area (Å²) in [5.74, 6) is 0.287. The van der Waals surface area contributed by atoms with Crippen molar-refractivity contribution in [3.8, 4) is 5.75 Å². The Morgan fingerprint density at radius 1 is 1.27 bits per heavy atom. The second-order valence-electron chi connectivity index (χ2n) is 5.61. The first-order chi connectivity index (χ1) is 10.4. The fourth-order valence-corrected chi connectivity index (χ4v) is 2.16. The molecule has 22 heavy (non-hydrogen) atoms. The fraction of sp³-hybridized carbons (Fsp3) is 0.312. The molecule has 0 bridgehead atoms. The summed E-state index contributed by atoms with van der Waals surface area (Å²) in [6.45, 7) is 3.33. The number of aliphatic hydroxyl groups excluding tert-OH is 1. The van der Waals surface area contributed by atoms with Crippen molar-refractivity contribution in [2.24, 2.45) is 0 Å². The Balaban J connectivity index is 2.10. The molecule has 1 N–H and O–H groups in total. The number of rotatable bonds is 4. The number of ether oxygens (including phenoxy) is 1. The van der Waals surface area contributed by atoms with Gasteiger partial charge in [0.1, 0.15) is 12.7 Å². The molecule has 1 aromatic carbocycles. The number of hydrogen-bond donors (Lipinski definition) is 1. The van der Waals surface area contributed by atoms with E-state index in [1.807, 2.05) is 6.07 Å². The summed E-state index contributed by atoms with van der Waals surface area (Å²) in [6, 6.07) is 6.62. The molecule has 5 nitrogen and oxygen atoms in total. The van der Waals surface area contributed by atoms with Crippen LogP contribution in [0.5, 0.6) is 5.75 Å². The highest BCUT2D eigenvalue weighted by Crippen LogP contribution is 2.35. The molecule has 6 heteroatoms. The highest BCUT2D eigenvalue weighted by molar-refractivity contribution is 6.23. The number of alkyl halides is 1. The number of aliphatic hydroxyl groups is 1. The maximum atomic E-state index is 11.5. The Kier molecular flexibility index (Phi) is 3.62. The number of furan rings is 1. The molecule has 0 saturated heterocycles. The molecule has 0 fully saturated rings. The predicted molar refractivity (Wildman–Crippen MR) is 83.7 cm³/mol. The molecule has 0 aliphatic carbocycles. The van der Waals surface area contributed by atoms with E-state index in [1.165, 1.54) is 12.3 Å². The van der Waals surface area contributed by atoms with Crippen molar-refractivity contribution >= 4 is 33.5 Å². The summed E-state index contributed by atoms with van der Waals surface area (Å²) in [6.07, 6.45) is 0.626. The Labute approximate surface area is 131 Å². The van der Waals surface area contributed by atoms with E-state index in [1.54, 1.807) is 26.0 Å². The lowest BCUT2D eigenvalue weighted by atomic mass is 10.1. The molecule has 3 rings (SSSR count). The van der Waals surface area contributed by atoms with Gasteiger partial charge in [0.15, 0.2) is 11.2 Å². The molecule has 0 saturated carbocycles. The zero-order valence-electron chi connectivity index (χ0n) is 12.1. The first-order valence-electron chi connectivity index (χ1n) is 6.80. The smallest absolute Gasteiger partial charge is 0.336 e. The molecule has 2 heterocycles. The fourth-order valence-electron chi connectivity index (χ4n) is 2.10. The molecule has 0 aliphatic rings. The summed E-state index contributed by atoms with van der Waals surface area (Å²) < 4.78 is 16.3. The van der Waals surface area contributed by atoms with Gasteiger partial charge in [0.2, 0.25) is 5.75 Å². The van der Waals surface area contributed by atoms with Crippen LogP contribution in [0.4, 0.5) is 0 Å². The van der Waals surface area contributed by atoms with Gasteiger partial charge in [-0.05, 0) is 32.0 Å². The second kappa shape index (κ2) is 5.34. The first kappa shape index (κ1) is 14.9. The van der Waals surface area contributed by atoms with Crippen LogP contribution in [0.1, 0.15) is 13.8 Å². The lowest BCUT2D eigenvalue weighted by Crippen LogP contribution is -2.35. The SMILES string of the molecule is CC(C)(Cl)[C@@H](O)COc1c2occc2cc2ccc(=O)oc12. The summed E-state index contributed by atoms with van der Waals surface area (Å²) in [4.78, 5) is 10.6. The molecule has 0 amide bonds. The van der Waals surface area contributed by atoms with Crippen LogP contribution < -0.4 is 10.4 Å². The third-order valence-corrected chi connectivity index (χ3v) is 3.71. The van der Waals surface area contributed by atoms with Crippen molar-refractivity contribution in [3.63, 3.8) is 0 Å². The topological polar surface area (TPSA) is 72.8 Å². The highest BCUT2D eigenvalue weighted by Gasteiger charge is 2.26. The second-order valence-corrected chi connectivity index (χ2v) is 6.58. The van der Waals surface area contributed by atoms with Crippen molar-refractivity contribution in [1.29, 1.82) is 0 Å². The van der Waals surface area contributed by atoms with E-state index in [0.29, 0.717) is 11.0 Å². The molecular formula is C16H15ClO5. The van der Waals surface area contributed by atoms with Crippen LogP contribution >= 0.6 is 11.6 Å². The lowest BCUT2D eigenvalue weighted by molar-refractivity contribution is 0.0811. The van der Waals surface area contributed by atoms with Gasteiger partial charge in [-0.25, -0.2) is 4.79 Å². The molecule has 1 atom stereocenters. The van der Waals surface area contributed by atoms with Gasteiger partial charge in [0.25, 0.3) is 0 Å².